The van der Waals surface area contributed by atoms with Crippen LogP contribution in [0.5, 0.6) is 5.75 Å². The first-order valence-electron chi connectivity index (χ1n) is 9.77. The van der Waals surface area contributed by atoms with Gasteiger partial charge < -0.3 is 19.9 Å². The third-order valence-corrected chi connectivity index (χ3v) is 5.36. The van der Waals surface area contributed by atoms with Crippen LogP contribution in [0.25, 0.3) is 0 Å². The molecule has 0 bridgehead atoms. The molecule has 0 fully saturated rings. The van der Waals surface area contributed by atoms with Gasteiger partial charge in [0.15, 0.2) is 11.8 Å². The molecule has 0 saturated carbocycles. The normalized spacial score (nSPS) is 11.1. The molecule has 3 rings (SSSR count). The Morgan fingerprint density at radius 3 is 2.77 bits per heavy atom. The number of aromatic nitrogens is 3. The second-order valence-electron chi connectivity index (χ2n) is 6.58. The number of ether oxygens (including phenoxy) is 1. The van der Waals surface area contributed by atoms with Gasteiger partial charge in [0.05, 0.1) is 13.2 Å². The van der Waals surface area contributed by atoms with Gasteiger partial charge in [-0.2, -0.15) is 0 Å². The summed E-state index contributed by atoms with van der Waals surface area (Å²) in [5.74, 6) is 3.39. The minimum absolute atomic E-state index is 0. The number of hydrogen-bond donors (Lipinski definition) is 2. The van der Waals surface area contributed by atoms with Crippen LogP contribution in [0.15, 0.2) is 46.8 Å². The molecule has 2 aromatic heterocycles. The summed E-state index contributed by atoms with van der Waals surface area (Å²) in [7, 11) is 1.96. The SMILES string of the molecule is CCOc1cccc(CCNC(=NCc2nnc(C)n2C)NCc2cccs2)c1.I. The predicted octanol–water partition coefficient (Wildman–Crippen LogP) is 3.68. The van der Waals surface area contributed by atoms with Gasteiger partial charge >= 0.3 is 0 Å². The van der Waals surface area contributed by atoms with Gasteiger partial charge in [-0.05, 0) is 49.4 Å². The number of rotatable bonds is 9. The maximum Gasteiger partial charge on any atom is 0.192 e. The fourth-order valence-electron chi connectivity index (χ4n) is 2.78. The van der Waals surface area contributed by atoms with Gasteiger partial charge in [0.2, 0.25) is 0 Å². The van der Waals surface area contributed by atoms with E-state index in [1.54, 1.807) is 11.3 Å². The molecule has 9 heteroatoms. The zero-order valence-corrected chi connectivity index (χ0v) is 20.7. The van der Waals surface area contributed by atoms with Crippen molar-refractivity contribution in [2.24, 2.45) is 12.0 Å². The fourth-order valence-corrected chi connectivity index (χ4v) is 3.42. The first kappa shape index (κ1) is 24.1. The summed E-state index contributed by atoms with van der Waals surface area (Å²) in [5.41, 5.74) is 1.23. The highest BCUT2D eigenvalue weighted by atomic mass is 127. The van der Waals surface area contributed by atoms with E-state index >= 15 is 0 Å². The van der Waals surface area contributed by atoms with E-state index in [2.05, 4.69) is 50.5 Å². The third-order valence-electron chi connectivity index (χ3n) is 4.49. The van der Waals surface area contributed by atoms with Crippen molar-refractivity contribution in [3.05, 3.63) is 63.9 Å². The molecule has 30 heavy (non-hydrogen) atoms. The zero-order valence-electron chi connectivity index (χ0n) is 17.6. The van der Waals surface area contributed by atoms with Gasteiger partial charge in [0.25, 0.3) is 0 Å². The number of nitrogens with zero attached hydrogens (tertiary/aromatic N) is 4. The van der Waals surface area contributed by atoms with E-state index in [-0.39, 0.29) is 24.0 Å². The maximum absolute atomic E-state index is 5.58. The zero-order chi connectivity index (χ0) is 20.5. The summed E-state index contributed by atoms with van der Waals surface area (Å²) >= 11 is 1.73. The molecule has 0 aliphatic carbocycles. The summed E-state index contributed by atoms with van der Waals surface area (Å²) in [6.45, 7) is 6.58. The Hall–Kier alpha value is -2.14. The lowest BCUT2D eigenvalue weighted by Gasteiger charge is -2.13. The van der Waals surface area contributed by atoms with E-state index < -0.39 is 0 Å². The molecular formula is C21H29IN6OS. The van der Waals surface area contributed by atoms with Crippen LogP contribution in [0.3, 0.4) is 0 Å². The molecule has 7 nitrogen and oxygen atoms in total. The Kier molecular flexibility index (Phi) is 10.1. The van der Waals surface area contributed by atoms with E-state index in [1.807, 2.05) is 37.6 Å². The van der Waals surface area contributed by atoms with Crippen molar-refractivity contribution in [3.63, 3.8) is 0 Å². The van der Waals surface area contributed by atoms with Crippen LogP contribution in [0, 0.1) is 6.92 Å². The van der Waals surface area contributed by atoms with Crippen molar-refractivity contribution in [1.29, 1.82) is 0 Å². The molecule has 0 aliphatic rings. The Labute approximate surface area is 199 Å². The van der Waals surface area contributed by atoms with Crippen LogP contribution in [0.1, 0.15) is 29.0 Å². The first-order chi connectivity index (χ1) is 14.2. The summed E-state index contributed by atoms with van der Waals surface area (Å²) in [5, 5.41) is 17.2. The van der Waals surface area contributed by atoms with Gasteiger partial charge in [0.1, 0.15) is 18.1 Å². The molecule has 0 aliphatic heterocycles. The first-order valence-corrected chi connectivity index (χ1v) is 10.6. The molecule has 162 valence electrons. The number of benzene rings is 1. The number of aliphatic imine (C=N–C) groups is 1. The maximum atomic E-state index is 5.58. The summed E-state index contributed by atoms with van der Waals surface area (Å²) < 4.78 is 7.54. The van der Waals surface area contributed by atoms with Crippen LogP contribution in [0.4, 0.5) is 0 Å². The molecule has 3 aromatic rings. The lowest BCUT2D eigenvalue weighted by molar-refractivity contribution is 0.340. The third kappa shape index (κ3) is 7.28. The number of aryl methyl sites for hydroxylation is 1. The van der Waals surface area contributed by atoms with Crippen molar-refractivity contribution < 1.29 is 4.74 Å². The molecule has 1 aromatic carbocycles. The van der Waals surface area contributed by atoms with E-state index in [4.69, 9.17) is 9.73 Å². The summed E-state index contributed by atoms with van der Waals surface area (Å²) in [6, 6.07) is 12.4. The van der Waals surface area contributed by atoms with Crippen molar-refractivity contribution in [2.75, 3.05) is 13.2 Å². The minimum atomic E-state index is 0. The van der Waals surface area contributed by atoms with Gasteiger partial charge in [-0.1, -0.05) is 18.2 Å². The highest BCUT2D eigenvalue weighted by Crippen LogP contribution is 2.13. The van der Waals surface area contributed by atoms with Gasteiger partial charge in [-0.3, -0.25) is 0 Å². The Bertz CT molecular complexity index is 925. The number of nitrogens with one attached hydrogen (secondary N) is 2. The van der Waals surface area contributed by atoms with Crippen molar-refractivity contribution in [3.8, 4) is 5.75 Å². The van der Waals surface area contributed by atoms with Gasteiger partial charge in [0, 0.05) is 18.5 Å². The van der Waals surface area contributed by atoms with Crippen LogP contribution in [-0.2, 0) is 26.6 Å². The number of thiophene rings is 1. The van der Waals surface area contributed by atoms with Crippen LogP contribution < -0.4 is 15.4 Å². The molecule has 2 N–H and O–H groups in total. The van der Waals surface area contributed by atoms with Crippen LogP contribution in [0.2, 0.25) is 0 Å². The quantitative estimate of drug-likeness (QED) is 0.246. The predicted molar refractivity (Wildman–Crippen MR) is 133 cm³/mol. The number of guanidine groups is 1. The van der Waals surface area contributed by atoms with Crippen LogP contribution in [-0.4, -0.2) is 33.9 Å². The second kappa shape index (κ2) is 12.5. The fraction of sp³-hybridized carbons (Fsp3) is 0.381. The molecule has 0 spiro atoms. The Morgan fingerprint density at radius 1 is 1.20 bits per heavy atom. The van der Waals surface area contributed by atoms with Crippen LogP contribution >= 0.6 is 35.3 Å². The average molecular weight is 540 g/mol. The largest absolute Gasteiger partial charge is 0.494 e. The topological polar surface area (TPSA) is 76.4 Å². The lowest BCUT2D eigenvalue weighted by atomic mass is 10.1. The number of halogens is 1. The van der Waals surface area contributed by atoms with Gasteiger partial charge in [-0.15, -0.1) is 45.5 Å². The standard InChI is InChI=1S/C21H28N6OS.HI/c1-4-28-18-8-5-7-17(13-18)10-11-22-21(23-14-19-9-6-12-29-19)24-15-20-26-25-16(2)27(20)3;/h5-9,12-13H,4,10-11,14-15H2,1-3H3,(H2,22,23,24);1H. The Balaban J connectivity index is 0.00000320. The van der Waals surface area contributed by atoms with Crippen molar-refractivity contribution in [1.82, 2.24) is 25.4 Å². The monoisotopic (exact) mass is 540 g/mol. The highest BCUT2D eigenvalue weighted by molar-refractivity contribution is 14.0. The molecule has 2 heterocycles. The molecule has 0 atom stereocenters. The summed E-state index contributed by atoms with van der Waals surface area (Å²) in [4.78, 5) is 5.96. The average Bonchev–Trinajstić information content (AvgIpc) is 3.35. The number of hydrogen-bond acceptors (Lipinski definition) is 5. The smallest absolute Gasteiger partial charge is 0.192 e. The molecular weight excluding hydrogens is 511 g/mol. The van der Waals surface area contributed by atoms with Gasteiger partial charge in [-0.25, -0.2) is 4.99 Å². The van der Waals surface area contributed by atoms with E-state index in [1.165, 1.54) is 10.4 Å². The van der Waals surface area contributed by atoms with Crippen molar-refractivity contribution in [2.45, 2.75) is 33.4 Å². The minimum Gasteiger partial charge on any atom is -0.494 e. The van der Waals surface area contributed by atoms with E-state index in [0.29, 0.717) is 13.2 Å². The molecule has 0 radical (unpaired) electrons. The highest BCUT2D eigenvalue weighted by Gasteiger charge is 2.06. The Morgan fingerprint density at radius 2 is 2.07 bits per heavy atom. The second-order valence-corrected chi connectivity index (χ2v) is 7.61. The van der Waals surface area contributed by atoms with Crippen molar-refractivity contribution >= 4 is 41.3 Å². The van der Waals surface area contributed by atoms with E-state index in [9.17, 15) is 0 Å². The summed E-state index contributed by atoms with van der Waals surface area (Å²) in [6.07, 6.45) is 0.879. The van der Waals surface area contributed by atoms with E-state index in [0.717, 1.165) is 42.9 Å². The lowest BCUT2D eigenvalue weighted by Crippen LogP contribution is -2.38. The molecule has 0 unspecified atom stereocenters. The molecule has 0 saturated heterocycles. The molecule has 0 amide bonds.